The van der Waals surface area contributed by atoms with E-state index in [2.05, 4.69) is 5.32 Å². The van der Waals surface area contributed by atoms with Gasteiger partial charge in [-0.05, 0) is 25.0 Å². The van der Waals surface area contributed by atoms with Gasteiger partial charge in [-0.25, -0.2) is 0 Å². The van der Waals surface area contributed by atoms with E-state index in [9.17, 15) is 9.59 Å². The molecule has 19 heavy (non-hydrogen) atoms. The highest BCUT2D eigenvalue weighted by atomic mass is 16.5. The number of para-hydroxylation sites is 1. The van der Waals surface area contributed by atoms with Crippen molar-refractivity contribution in [2.45, 2.75) is 25.7 Å². The third-order valence-corrected chi connectivity index (χ3v) is 2.48. The van der Waals surface area contributed by atoms with E-state index in [0.717, 1.165) is 5.75 Å². The fraction of sp³-hybridized carbons (Fsp3) is 0.429. The number of benzene rings is 1. The number of carbonyl (C=O) groups excluding carboxylic acids is 1. The molecule has 0 unspecified atom stereocenters. The third kappa shape index (κ3) is 7.81. The van der Waals surface area contributed by atoms with Gasteiger partial charge in [-0.15, -0.1) is 0 Å². The first-order valence-electron chi connectivity index (χ1n) is 6.35. The summed E-state index contributed by atoms with van der Waals surface area (Å²) in [6.07, 6.45) is 1.60. The van der Waals surface area contributed by atoms with E-state index < -0.39 is 5.97 Å². The Hall–Kier alpha value is -2.04. The van der Waals surface area contributed by atoms with Crippen molar-refractivity contribution < 1.29 is 19.4 Å². The van der Waals surface area contributed by atoms with E-state index in [1.165, 1.54) is 0 Å². The van der Waals surface area contributed by atoms with Crippen LogP contribution in [0.25, 0.3) is 0 Å². The molecule has 5 nitrogen and oxygen atoms in total. The number of carbonyl (C=O) groups is 2. The molecule has 0 heterocycles. The van der Waals surface area contributed by atoms with Crippen LogP contribution in [0.3, 0.4) is 0 Å². The number of ether oxygens (including phenoxy) is 1. The molecule has 0 saturated heterocycles. The molecule has 1 rings (SSSR count). The molecule has 0 spiro atoms. The molecule has 2 N–H and O–H groups in total. The van der Waals surface area contributed by atoms with Crippen LogP contribution < -0.4 is 10.1 Å². The molecule has 1 aromatic rings. The summed E-state index contributed by atoms with van der Waals surface area (Å²) in [5.74, 6) is -0.114. The van der Waals surface area contributed by atoms with Gasteiger partial charge in [-0.2, -0.15) is 0 Å². The average molecular weight is 265 g/mol. The molecule has 0 aliphatic rings. The van der Waals surface area contributed by atoms with Gasteiger partial charge in [0.1, 0.15) is 12.4 Å². The molecule has 0 fully saturated rings. The number of unbranched alkanes of at least 4 members (excludes halogenated alkanes) is 1. The zero-order valence-electron chi connectivity index (χ0n) is 10.8. The van der Waals surface area contributed by atoms with Gasteiger partial charge in [0.15, 0.2) is 0 Å². The van der Waals surface area contributed by atoms with Gasteiger partial charge in [0.2, 0.25) is 5.91 Å². The quantitative estimate of drug-likeness (QED) is 0.668. The van der Waals surface area contributed by atoms with Gasteiger partial charge < -0.3 is 15.2 Å². The summed E-state index contributed by atoms with van der Waals surface area (Å²) in [6.45, 7) is 0.873. The maximum absolute atomic E-state index is 11.4. The molecule has 0 aromatic heterocycles. The first-order valence-corrected chi connectivity index (χ1v) is 6.35. The molecule has 0 radical (unpaired) electrons. The fourth-order valence-corrected chi connectivity index (χ4v) is 1.53. The summed E-state index contributed by atoms with van der Waals surface area (Å²) >= 11 is 0. The van der Waals surface area contributed by atoms with Crippen molar-refractivity contribution in [3.05, 3.63) is 30.3 Å². The largest absolute Gasteiger partial charge is 0.492 e. The zero-order chi connectivity index (χ0) is 13.9. The highest BCUT2D eigenvalue weighted by molar-refractivity contribution is 5.75. The summed E-state index contributed by atoms with van der Waals surface area (Å²) in [5, 5.41) is 11.2. The van der Waals surface area contributed by atoms with Crippen molar-refractivity contribution in [1.29, 1.82) is 0 Å². The molecule has 1 amide bonds. The van der Waals surface area contributed by atoms with E-state index >= 15 is 0 Å². The maximum atomic E-state index is 11.4. The van der Waals surface area contributed by atoms with Gasteiger partial charge in [0.25, 0.3) is 0 Å². The molecule has 1 aromatic carbocycles. The Morgan fingerprint density at radius 3 is 2.47 bits per heavy atom. The van der Waals surface area contributed by atoms with Crippen LogP contribution in [-0.4, -0.2) is 30.1 Å². The third-order valence-electron chi connectivity index (χ3n) is 2.48. The zero-order valence-corrected chi connectivity index (χ0v) is 10.8. The van der Waals surface area contributed by atoms with Gasteiger partial charge >= 0.3 is 5.97 Å². The second kappa shape index (κ2) is 8.97. The molecule has 0 aliphatic carbocycles. The minimum absolute atomic E-state index is 0.0675. The van der Waals surface area contributed by atoms with Gasteiger partial charge in [-0.3, -0.25) is 9.59 Å². The second-order valence-corrected chi connectivity index (χ2v) is 4.11. The van der Waals surface area contributed by atoms with Gasteiger partial charge in [-0.1, -0.05) is 18.2 Å². The van der Waals surface area contributed by atoms with E-state index in [0.29, 0.717) is 32.4 Å². The summed E-state index contributed by atoms with van der Waals surface area (Å²) in [5.41, 5.74) is 0. The lowest BCUT2D eigenvalue weighted by Gasteiger charge is -2.07. The molecular weight excluding hydrogens is 246 g/mol. The number of carboxylic acid groups (broad SMARTS) is 1. The Morgan fingerprint density at radius 1 is 1.11 bits per heavy atom. The van der Waals surface area contributed by atoms with Gasteiger partial charge in [0.05, 0.1) is 6.54 Å². The smallest absolute Gasteiger partial charge is 0.303 e. The summed E-state index contributed by atoms with van der Waals surface area (Å²) in [7, 11) is 0. The van der Waals surface area contributed by atoms with Crippen LogP contribution in [0.4, 0.5) is 0 Å². The van der Waals surface area contributed by atoms with Crippen LogP contribution in [0, 0.1) is 0 Å². The average Bonchev–Trinajstić information content (AvgIpc) is 2.41. The predicted octanol–water partition coefficient (Wildman–Crippen LogP) is 1.83. The van der Waals surface area contributed by atoms with Crippen LogP contribution in [0.15, 0.2) is 30.3 Å². The van der Waals surface area contributed by atoms with E-state index in [1.807, 2.05) is 30.3 Å². The topological polar surface area (TPSA) is 75.6 Å². The first kappa shape index (κ1) is 15.0. The number of rotatable bonds is 9. The fourth-order valence-electron chi connectivity index (χ4n) is 1.53. The first-order chi connectivity index (χ1) is 9.18. The minimum atomic E-state index is -0.823. The number of aliphatic carboxylic acids is 1. The Balaban J connectivity index is 2.00. The summed E-state index contributed by atoms with van der Waals surface area (Å²) in [4.78, 5) is 21.7. The van der Waals surface area contributed by atoms with Crippen LogP contribution in [0.5, 0.6) is 5.75 Å². The highest BCUT2D eigenvalue weighted by Gasteiger charge is 2.02. The molecule has 0 bridgehead atoms. The second-order valence-electron chi connectivity index (χ2n) is 4.11. The van der Waals surface area contributed by atoms with Crippen LogP contribution in [0.1, 0.15) is 25.7 Å². The lowest BCUT2D eigenvalue weighted by molar-refractivity contribution is -0.137. The normalized spacial score (nSPS) is 9.89. The minimum Gasteiger partial charge on any atom is -0.492 e. The molecule has 5 heteroatoms. The molecule has 104 valence electrons. The standard InChI is InChI=1S/C14H19NO4/c16-13(8-4-5-9-14(17)18)15-10-11-19-12-6-2-1-3-7-12/h1-3,6-7H,4-5,8-11H2,(H,15,16)(H,17,18). The Labute approximate surface area is 112 Å². The monoisotopic (exact) mass is 265 g/mol. The molecular formula is C14H19NO4. The number of nitrogens with one attached hydrogen (secondary N) is 1. The number of amides is 1. The van der Waals surface area contributed by atoms with Crippen molar-refractivity contribution in [1.82, 2.24) is 5.32 Å². The van der Waals surface area contributed by atoms with Crippen LogP contribution in [-0.2, 0) is 9.59 Å². The van der Waals surface area contributed by atoms with Crippen LogP contribution in [0.2, 0.25) is 0 Å². The lowest BCUT2D eigenvalue weighted by atomic mass is 10.2. The van der Waals surface area contributed by atoms with Crippen molar-refractivity contribution in [2.75, 3.05) is 13.2 Å². The van der Waals surface area contributed by atoms with Gasteiger partial charge in [0, 0.05) is 12.8 Å². The van der Waals surface area contributed by atoms with Crippen molar-refractivity contribution >= 4 is 11.9 Å². The molecule has 0 saturated carbocycles. The number of carboxylic acids is 1. The maximum Gasteiger partial charge on any atom is 0.303 e. The SMILES string of the molecule is O=C(O)CCCCC(=O)NCCOc1ccccc1. The van der Waals surface area contributed by atoms with Crippen molar-refractivity contribution in [3.63, 3.8) is 0 Å². The molecule has 0 aliphatic heterocycles. The predicted molar refractivity (Wildman–Crippen MR) is 71.1 cm³/mol. The highest BCUT2D eigenvalue weighted by Crippen LogP contribution is 2.07. The molecule has 0 atom stereocenters. The van der Waals surface area contributed by atoms with E-state index in [-0.39, 0.29) is 12.3 Å². The summed E-state index contributed by atoms with van der Waals surface area (Å²) < 4.78 is 5.42. The Kier molecular flexibility index (Phi) is 7.09. The number of hydrogen-bond acceptors (Lipinski definition) is 3. The van der Waals surface area contributed by atoms with E-state index in [4.69, 9.17) is 9.84 Å². The summed E-state index contributed by atoms with van der Waals surface area (Å²) in [6, 6.07) is 9.39. The Morgan fingerprint density at radius 2 is 1.79 bits per heavy atom. The lowest BCUT2D eigenvalue weighted by Crippen LogP contribution is -2.27. The van der Waals surface area contributed by atoms with Crippen LogP contribution >= 0.6 is 0 Å². The Bertz CT molecular complexity index is 392. The number of hydrogen-bond donors (Lipinski definition) is 2. The van der Waals surface area contributed by atoms with Crippen molar-refractivity contribution in [2.24, 2.45) is 0 Å². The van der Waals surface area contributed by atoms with E-state index in [1.54, 1.807) is 0 Å². The van der Waals surface area contributed by atoms with Crippen molar-refractivity contribution in [3.8, 4) is 5.75 Å².